The minimum atomic E-state index is -1.14. The summed E-state index contributed by atoms with van der Waals surface area (Å²) in [6, 6.07) is 9.06. The summed E-state index contributed by atoms with van der Waals surface area (Å²) in [6.07, 6.45) is -1.14. The normalized spacial score (nSPS) is 11.3. The predicted octanol–water partition coefficient (Wildman–Crippen LogP) is 3.20. The average molecular weight is 316 g/mol. The Morgan fingerprint density at radius 1 is 1.26 bits per heavy atom. The first kappa shape index (κ1) is 16.7. The number of ketones is 1. The van der Waals surface area contributed by atoms with Crippen LogP contribution in [0.4, 0.5) is 4.79 Å². The topological polar surface area (TPSA) is 79.7 Å². The van der Waals surface area contributed by atoms with E-state index in [1.165, 1.54) is 7.11 Å². The number of benzene rings is 1. The van der Waals surface area contributed by atoms with E-state index < -0.39 is 11.6 Å². The molecule has 0 spiro atoms. The SMILES string of the molecule is COc1nc2ccccc2cc1C(=O)CN(C(=O)O)C(C)(C)C. The van der Waals surface area contributed by atoms with Gasteiger partial charge in [-0.3, -0.25) is 9.69 Å². The molecule has 2 rings (SSSR count). The van der Waals surface area contributed by atoms with Crippen LogP contribution in [-0.4, -0.2) is 46.1 Å². The fourth-order valence-electron chi connectivity index (χ4n) is 2.27. The number of aromatic nitrogens is 1. The van der Waals surface area contributed by atoms with Crippen LogP contribution in [0.25, 0.3) is 10.9 Å². The van der Waals surface area contributed by atoms with Crippen LogP contribution in [0.5, 0.6) is 5.88 Å². The molecular formula is C17H20N2O4. The van der Waals surface area contributed by atoms with Crippen LogP contribution in [-0.2, 0) is 0 Å². The summed E-state index contributed by atoms with van der Waals surface area (Å²) < 4.78 is 5.20. The van der Waals surface area contributed by atoms with Gasteiger partial charge in [-0.2, -0.15) is 0 Å². The zero-order valence-corrected chi connectivity index (χ0v) is 13.7. The van der Waals surface area contributed by atoms with E-state index in [0.29, 0.717) is 5.52 Å². The van der Waals surface area contributed by atoms with Gasteiger partial charge < -0.3 is 9.84 Å². The number of rotatable bonds is 4. The minimum absolute atomic E-state index is 0.202. The molecule has 23 heavy (non-hydrogen) atoms. The lowest BCUT2D eigenvalue weighted by atomic mass is 10.0. The zero-order valence-electron chi connectivity index (χ0n) is 13.7. The van der Waals surface area contributed by atoms with Crippen LogP contribution in [0.2, 0.25) is 0 Å². The van der Waals surface area contributed by atoms with Crippen molar-refractivity contribution in [1.82, 2.24) is 9.88 Å². The van der Waals surface area contributed by atoms with Crippen LogP contribution < -0.4 is 4.74 Å². The first-order valence-corrected chi connectivity index (χ1v) is 7.21. The Hall–Kier alpha value is -2.63. The van der Waals surface area contributed by atoms with Crippen molar-refractivity contribution in [3.63, 3.8) is 0 Å². The Balaban J connectivity index is 2.42. The fraction of sp³-hybridized carbons (Fsp3) is 0.353. The molecule has 0 bridgehead atoms. The monoisotopic (exact) mass is 316 g/mol. The molecule has 0 aliphatic carbocycles. The Labute approximate surface area is 134 Å². The number of pyridine rings is 1. The van der Waals surface area contributed by atoms with E-state index in [4.69, 9.17) is 4.74 Å². The minimum Gasteiger partial charge on any atom is -0.480 e. The second-order valence-corrected chi connectivity index (χ2v) is 6.20. The first-order chi connectivity index (χ1) is 10.7. The van der Waals surface area contributed by atoms with Gasteiger partial charge in [-0.15, -0.1) is 0 Å². The number of ether oxygens (including phenoxy) is 1. The number of carbonyl (C=O) groups is 2. The second kappa shape index (κ2) is 6.24. The molecule has 0 unspecified atom stereocenters. The van der Waals surface area contributed by atoms with Gasteiger partial charge in [0.1, 0.15) is 0 Å². The Morgan fingerprint density at radius 3 is 2.48 bits per heavy atom. The van der Waals surface area contributed by atoms with Gasteiger partial charge in [0.15, 0.2) is 5.78 Å². The number of methoxy groups -OCH3 is 1. The Morgan fingerprint density at radius 2 is 1.91 bits per heavy atom. The Bertz CT molecular complexity index is 750. The molecule has 1 aromatic carbocycles. The first-order valence-electron chi connectivity index (χ1n) is 7.21. The third-order valence-electron chi connectivity index (χ3n) is 3.53. The highest BCUT2D eigenvalue weighted by atomic mass is 16.5. The summed E-state index contributed by atoms with van der Waals surface area (Å²) in [5.41, 5.74) is 0.312. The van der Waals surface area contributed by atoms with Gasteiger partial charge in [-0.05, 0) is 32.9 Å². The molecule has 0 aliphatic heterocycles. The van der Waals surface area contributed by atoms with Gasteiger partial charge in [0.25, 0.3) is 0 Å². The maximum Gasteiger partial charge on any atom is 0.408 e. The number of Topliss-reactive ketones (excluding diaryl/α,β-unsaturated/α-hetero) is 1. The molecule has 1 amide bonds. The Kier molecular flexibility index (Phi) is 4.54. The molecule has 6 heteroatoms. The lowest BCUT2D eigenvalue weighted by Crippen LogP contribution is -2.47. The van der Waals surface area contributed by atoms with Gasteiger partial charge in [-0.1, -0.05) is 18.2 Å². The summed E-state index contributed by atoms with van der Waals surface area (Å²) in [5.74, 6) is -0.148. The average Bonchev–Trinajstić information content (AvgIpc) is 2.49. The largest absolute Gasteiger partial charge is 0.480 e. The van der Waals surface area contributed by atoms with E-state index in [1.54, 1.807) is 26.8 Å². The third-order valence-corrected chi connectivity index (χ3v) is 3.53. The summed E-state index contributed by atoms with van der Waals surface area (Å²) in [7, 11) is 1.44. The van der Waals surface area contributed by atoms with Crippen molar-refractivity contribution >= 4 is 22.8 Å². The molecule has 0 fully saturated rings. The lowest BCUT2D eigenvalue weighted by molar-refractivity contribution is 0.0763. The van der Waals surface area contributed by atoms with Crippen LogP contribution in [0.3, 0.4) is 0 Å². The molecule has 0 atom stereocenters. The fourth-order valence-corrected chi connectivity index (χ4v) is 2.27. The summed E-state index contributed by atoms with van der Waals surface area (Å²) >= 11 is 0. The van der Waals surface area contributed by atoms with Crippen molar-refractivity contribution in [3.05, 3.63) is 35.9 Å². The van der Waals surface area contributed by atoms with Gasteiger partial charge in [0, 0.05) is 10.9 Å². The smallest absolute Gasteiger partial charge is 0.408 e. The van der Waals surface area contributed by atoms with Crippen LogP contribution in [0.15, 0.2) is 30.3 Å². The van der Waals surface area contributed by atoms with Crippen molar-refractivity contribution < 1.29 is 19.4 Å². The lowest BCUT2D eigenvalue weighted by Gasteiger charge is -2.32. The molecular weight excluding hydrogens is 296 g/mol. The van der Waals surface area contributed by atoms with E-state index in [-0.39, 0.29) is 23.8 Å². The van der Waals surface area contributed by atoms with Crippen LogP contribution in [0.1, 0.15) is 31.1 Å². The highest BCUT2D eigenvalue weighted by molar-refractivity contribution is 6.03. The third kappa shape index (κ3) is 3.59. The number of fused-ring (bicyclic) bond motifs is 1. The van der Waals surface area contributed by atoms with E-state index >= 15 is 0 Å². The molecule has 0 saturated heterocycles. The van der Waals surface area contributed by atoms with Crippen LogP contribution in [0, 0.1) is 0 Å². The van der Waals surface area contributed by atoms with E-state index in [1.807, 2.05) is 24.3 Å². The molecule has 6 nitrogen and oxygen atoms in total. The number of para-hydroxylation sites is 1. The number of amides is 1. The zero-order chi connectivity index (χ0) is 17.2. The molecule has 0 aliphatic rings. The van der Waals surface area contributed by atoms with Crippen molar-refractivity contribution in [2.24, 2.45) is 0 Å². The molecule has 0 radical (unpaired) electrons. The van der Waals surface area contributed by atoms with Gasteiger partial charge in [0.2, 0.25) is 5.88 Å². The maximum absolute atomic E-state index is 12.6. The highest BCUT2D eigenvalue weighted by Crippen LogP contribution is 2.24. The van der Waals surface area contributed by atoms with E-state index in [2.05, 4.69) is 4.98 Å². The predicted molar refractivity (Wildman–Crippen MR) is 87.1 cm³/mol. The molecule has 0 saturated carbocycles. The summed E-state index contributed by atoms with van der Waals surface area (Å²) in [5, 5.41) is 10.1. The summed E-state index contributed by atoms with van der Waals surface area (Å²) in [6.45, 7) is 4.97. The van der Waals surface area contributed by atoms with Crippen molar-refractivity contribution in [3.8, 4) is 5.88 Å². The molecule has 1 N–H and O–H groups in total. The van der Waals surface area contributed by atoms with E-state index in [9.17, 15) is 14.7 Å². The standard InChI is InChI=1S/C17H20N2O4/c1-17(2,3)19(16(21)22)10-14(20)12-9-11-7-5-6-8-13(11)18-15(12)23-4/h5-9H,10H2,1-4H3,(H,21,22). The number of nitrogens with zero attached hydrogens (tertiary/aromatic N) is 2. The number of hydrogen-bond donors (Lipinski definition) is 1. The summed E-state index contributed by atoms with van der Waals surface area (Å²) in [4.78, 5) is 29.4. The molecule has 2 aromatic rings. The highest BCUT2D eigenvalue weighted by Gasteiger charge is 2.29. The quantitative estimate of drug-likeness (QED) is 0.876. The molecule has 1 aromatic heterocycles. The van der Waals surface area contributed by atoms with Gasteiger partial charge in [0.05, 0.1) is 24.7 Å². The number of hydrogen-bond acceptors (Lipinski definition) is 4. The molecule has 1 heterocycles. The van der Waals surface area contributed by atoms with Crippen LogP contribution >= 0.6 is 0 Å². The molecule has 122 valence electrons. The van der Waals surface area contributed by atoms with Gasteiger partial charge >= 0.3 is 6.09 Å². The van der Waals surface area contributed by atoms with E-state index in [0.717, 1.165) is 10.3 Å². The van der Waals surface area contributed by atoms with Gasteiger partial charge in [-0.25, -0.2) is 9.78 Å². The number of carbonyl (C=O) groups excluding carboxylic acids is 1. The van der Waals surface area contributed by atoms with Crippen molar-refractivity contribution in [2.45, 2.75) is 26.3 Å². The maximum atomic E-state index is 12.6. The van der Waals surface area contributed by atoms with Crippen molar-refractivity contribution in [1.29, 1.82) is 0 Å². The number of carboxylic acid groups (broad SMARTS) is 1. The second-order valence-electron chi connectivity index (χ2n) is 6.20. The van der Waals surface area contributed by atoms with Crippen molar-refractivity contribution in [2.75, 3.05) is 13.7 Å².